The molecular formula is C29H51NO9. The van der Waals surface area contributed by atoms with Gasteiger partial charge in [0.2, 0.25) is 0 Å². The highest BCUT2D eigenvalue weighted by Crippen LogP contribution is 2.40. The summed E-state index contributed by atoms with van der Waals surface area (Å²) in [5.41, 5.74) is -1.66. The minimum absolute atomic E-state index is 0.00751. The van der Waals surface area contributed by atoms with Crippen LogP contribution in [0.15, 0.2) is 0 Å². The van der Waals surface area contributed by atoms with Crippen LogP contribution in [0.25, 0.3) is 0 Å². The van der Waals surface area contributed by atoms with E-state index in [1.807, 2.05) is 14.0 Å². The molecule has 10 nitrogen and oxygen atoms in total. The number of aliphatic hydroxyl groups is 3. The molecule has 3 aliphatic heterocycles. The van der Waals surface area contributed by atoms with Crippen molar-refractivity contribution in [3.63, 3.8) is 0 Å². The second-order valence-electron chi connectivity index (χ2n) is 12.5. The van der Waals surface area contributed by atoms with Gasteiger partial charge in [0.25, 0.3) is 0 Å². The average Bonchev–Trinajstić information content (AvgIpc) is 3.69. The molecule has 0 saturated carbocycles. The Labute approximate surface area is 233 Å². The van der Waals surface area contributed by atoms with Gasteiger partial charge in [-0.15, -0.1) is 0 Å². The molecule has 2 unspecified atom stereocenters. The summed E-state index contributed by atoms with van der Waals surface area (Å²) in [6, 6.07) is 0.0866. The molecule has 3 fully saturated rings. The number of ketones is 1. The number of esters is 1. The fourth-order valence-corrected chi connectivity index (χ4v) is 6.49. The number of ether oxygens (including phenoxy) is 4. The lowest BCUT2D eigenvalue weighted by atomic mass is 9.75. The molecule has 3 rings (SSSR count). The maximum atomic E-state index is 13.5. The van der Waals surface area contributed by atoms with E-state index in [2.05, 4.69) is 11.8 Å². The molecule has 0 spiro atoms. The molecule has 0 amide bonds. The van der Waals surface area contributed by atoms with Crippen LogP contribution in [0.1, 0.15) is 74.7 Å². The lowest BCUT2D eigenvalue weighted by Crippen LogP contribution is -2.54. The number of fused-ring (bicyclic) bond motifs is 1. The van der Waals surface area contributed by atoms with Crippen LogP contribution in [0.2, 0.25) is 0 Å². The van der Waals surface area contributed by atoms with Gasteiger partial charge in [0, 0.05) is 36.1 Å². The van der Waals surface area contributed by atoms with E-state index in [0.29, 0.717) is 12.8 Å². The molecule has 10 heteroatoms. The zero-order valence-corrected chi connectivity index (χ0v) is 25.1. The van der Waals surface area contributed by atoms with Crippen LogP contribution in [0.4, 0.5) is 0 Å². The van der Waals surface area contributed by atoms with Crippen molar-refractivity contribution < 1.29 is 43.9 Å². The molecule has 39 heavy (non-hydrogen) atoms. The van der Waals surface area contributed by atoms with Crippen molar-refractivity contribution in [2.75, 3.05) is 13.6 Å². The third-order valence-electron chi connectivity index (χ3n) is 9.44. The van der Waals surface area contributed by atoms with Gasteiger partial charge in [-0.2, -0.15) is 0 Å². The third kappa shape index (κ3) is 7.02. The number of rotatable bonds is 5. The number of carbonyl (C=O) groups is 2. The van der Waals surface area contributed by atoms with Crippen LogP contribution in [-0.2, 0) is 28.5 Å². The molecule has 0 aromatic rings. The molecule has 3 N–H and O–H groups in total. The zero-order valence-electron chi connectivity index (χ0n) is 25.1. The molecule has 0 aliphatic carbocycles. The highest BCUT2D eigenvalue weighted by molar-refractivity contribution is 5.83. The van der Waals surface area contributed by atoms with Crippen molar-refractivity contribution in [2.45, 2.75) is 129 Å². The Hall–Kier alpha value is -1.14. The van der Waals surface area contributed by atoms with Crippen LogP contribution < -0.4 is 0 Å². The molecule has 14 atom stereocenters. The number of hydrogen-bond acceptors (Lipinski definition) is 10. The van der Waals surface area contributed by atoms with Crippen LogP contribution in [-0.4, -0.2) is 100 Å². The molecular weight excluding hydrogens is 506 g/mol. The second kappa shape index (κ2) is 12.8. The second-order valence-corrected chi connectivity index (χ2v) is 12.5. The standard InChI is InChI=1S/C29H51NO9/c1-10-20-15(4)23(32)16(5)22(31)14(3)13-29(8,35)26(33)17(6)24(18(7)27(34)36-20)37-21-12-19(30(9)11-2)25-28(38-21)39-25/h14-21,23-26,28,32-33,35H,10-13H2,1-9H3/t14-,15+,16+,17+,18-,19?,20-,21-,23+,24+,25+,26-,28?,29-/m1/s1. The maximum absolute atomic E-state index is 13.5. The lowest BCUT2D eigenvalue weighted by molar-refractivity contribution is -0.240. The zero-order chi connectivity index (χ0) is 29.4. The van der Waals surface area contributed by atoms with E-state index in [0.717, 1.165) is 6.54 Å². The van der Waals surface area contributed by atoms with Crippen molar-refractivity contribution in [2.24, 2.45) is 29.6 Å². The van der Waals surface area contributed by atoms with Crippen molar-refractivity contribution in [1.29, 1.82) is 0 Å². The largest absolute Gasteiger partial charge is 0.462 e. The highest BCUT2D eigenvalue weighted by atomic mass is 16.8. The van der Waals surface area contributed by atoms with Gasteiger partial charge in [0.15, 0.2) is 12.6 Å². The topological polar surface area (TPSA) is 138 Å². The van der Waals surface area contributed by atoms with Gasteiger partial charge in [0.05, 0.1) is 29.8 Å². The van der Waals surface area contributed by atoms with Gasteiger partial charge >= 0.3 is 5.97 Å². The number of epoxide rings is 1. The van der Waals surface area contributed by atoms with Gasteiger partial charge in [0.1, 0.15) is 18.0 Å². The number of nitrogens with zero attached hydrogens (tertiary/aromatic N) is 1. The first kappa shape index (κ1) is 32.4. The first-order chi connectivity index (χ1) is 18.1. The molecule has 226 valence electrons. The van der Waals surface area contributed by atoms with Crippen LogP contribution in [0, 0.1) is 29.6 Å². The fraction of sp³-hybridized carbons (Fsp3) is 0.931. The third-order valence-corrected chi connectivity index (χ3v) is 9.44. The van der Waals surface area contributed by atoms with E-state index in [-0.39, 0.29) is 30.6 Å². The van der Waals surface area contributed by atoms with Gasteiger partial charge < -0.3 is 39.2 Å². The van der Waals surface area contributed by atoms with Crippen molar-refractivity contribution in [3.8, 4) is 0 Å². The first-order valence-electron chi connectivity index (χ1n) is 14.6. The Kier molecular flexibility index (Phi) is 10.6. The van der Waals surface area contributed by atoms with Gasteiger partial charge in [-0.05, 0) is 40.3 Å². The van der Waals surface area contributed by atoms with E-state index >= 15 is 0 Å². The summed E-state index contributed by atoms with van der Waals surface area (Å²) < 4.78 is 24.0. The Bertz CT molecular complexity index is 851. The predicted molar refractivity (Wildman–Crippen MR) is 143 cm³/mol. The van der Waals surface area contributed by atoms with Crippen LogP contribution >= 0.6 is 0 Å². The van der Waals surface area contributed by atoms with E-state index < -0.39 is 71.9 Å². The van der Waals surface area contributed by atoms with E-state index in [4.69, 9.17) is 18.9 Å². The first-order valence-corrected chi connectivity index (χ1v) is 14.6. The summed E-state index contributed by atoms with van der Waals surface area (Å²) >= 11 is 0. The number of aliphatic hydroxyl groups excluding tert-OH is 2. The summed E-state index contributed by atoms with van der Waals surface area (Å²) in [6.45, 7) is 14.8. The number of cyclic esters (lactones) is 1. The molecule has 0 aromatic heterocycles. The summed E-state index contributed by atoms with van der Waals surface area (Å²) in [4.78, 5) is 28.9. The Morgan fingerprint density at radius 2 is 1.67 bits per heavy atom. The number of Topliss-reactive ketones (excluding diaryl/α,β-unsaturated/α-hetero) is 1. The molecule has 3 saturated heterocycles. The number of likely N-dealkylation sites (N-methyl/N-ethyl adjacent to an activating group) is 1. The molecule has 0 radical (unpaired) electrons. The minimum Gasteiger partial charge on any atom is -0.462 e. The summed E-state index contributed by atoms with van der Waals surface area (Å²) in [6.07, 6.45) is -3.94. The van der Waals surface area contributed by atoms with Gasteiger partial charge in [-0.1, -0.05) is 41.5 Å². The lowest BCUT2D eigenvalue weighted by Gasteiger charge is -2.42. The Balaban J connectivity index is 1.93. The summed E-state index contributed by atoms with van der Waals surface area (Å²) in [5.74, 6) is -4.10. The van der Waals surface area contributed by atoms with Gasteiger partial charge in [-0.3, -0.25) is 9.59 Å². The minimum atomic E-state index is -1.66. The average molecular weight is 558 g/mol. The van der Waals surface area contributed by atoms with Crippen molar-refractivity contribution >= 4 is 11.8 Å². The maximum Gasteiger partial charge on any atom is 0.311 e. The monoisotopic (exact) mass is 557 g/mol. The Morgan fingerprint density at radius 1 is 1.03 bits per heavy atom. The molecule has 0 bridgehead atoms. The van der Waals surface area contributed by atoms with Crippen LogP contribution in [0.3, 0.4) is 0 Å². The smallest absolute Gasteiger partial charge is 0.311 e. The summed E-state index contributed by atoms with van der Waals surface area (Å²) in [7, 11) is 2.01. The number of hydrogen-bond donors (Lipinski definition) is 3. The number of carbonyl (C=O) groups excluding carboxylic acids is 2. The van der Waals surface area contributed by atoms with Crippen LogP contribution in [0.5, 0.6) is 0 Å². The Morgan fingerprint density at radius 3 is 2.26 bits per heavy atom. The summed E-state index contributed by atoms with van der Waals surface area (Å²) in [5, 5.41) is 33.8. The van der Waals surface area contributed by atoms with E-state index in [9.17, 15) is 24.9 Å². The molecule has 0 aromatic carbocycles. The normalized spacial score (nSPS) is 48.3. The van der Waals surface area contributed by atoms with Crippen molar-refractivity contribution in [1.82, 2.24) is 4.90 Å². The van der Waals surface area contributed by atoms with E-state index in [1.54, 1.807) is 34.6 Å². The predicted octanol–water partition coefficient (Wildman–Crippen LogP) is 2.11. The SMILES string of the molecule is CC[C@H]1OC(=O)[C@H](C)[C@@H](O[C@H]2CC(N(C)CC)[C@@H]3OC3O2)[C@H](C)[C@@H](O)[C@](C)(O)C[C@@H](C)C(=O)[C@H](C)[C@@H](O)[C@H]1C. The quantitative estimate of drug-likeness (QED) is 0.340. The van der Waals surface area contributed by atoms with E-state index in [1.165, 1.54) is 6.92 Å². The van der Waals surface area contributed by atoms with Crippen molar-refractivity contribution in [3.05, 3.63) is 0 Å². The molecule has 3 heterocycles. The van der Waals surface area contributed by atoms with Gasteiger partial charge in [-0.25, -0.2) is 0 Å². The highest BCUT2D eigenvalue weighted by Gasteiger charge is 2.55. The fourth-order valence-electron chi connectivity index (χ4n) is 6.49. The molecule has 3 aliphatic rings.